The minimum atomic E-state index is -0.438. The fourth-order valence-electron chi connectivity index (χ4n) is 3.18. The van der Waals surface area contributed by atoms with Gasteiger partial charge >= 0.3 is 0 Å². The molecule has 1 aromatic carbocycles. The van der Waals surface area contributed by atoms with Gasteiger partial charge in [0.15, 0.2) is 10.9 Å². The predicted octanol–water partition coefficient (Wildman–Crippen LogP) is 3.92. The molecule has 0 aliphatic heterocycles. The normalized spacial score (nSPS) is 15.7. The minimum absolute atomic E-state index is 0.107. The lowest BCUT2D eigenvalue weighted by atomic mass is 9.89. The van der Waals surface area contributed by atoms with Crippen LogP contribution in [0, 0.1) is 5.92 Å². The average Bonchev–Trinajstić information content (AvgIpc) is 3.41. The molecule has 3 aromatic rings. The van der Waals surface area contributed by atoms with Gasteiger partial charge in [0, 0.05) is 25.5 Å². The molecule has 1 aliphatic carbocycles. The highest BCUT2D eigenvalue weighted by molar-refractivity contribution is 7.17. The molecule has 8 heteroatoms. The van der Waals surface area contributed by atoms with Crippen molar-refractivity contribution in [3.8, 4) is 0 Å². The van der Waals surface area contributed by atoms with Gasteiger partial charge in [0.1, 0.15) is 0 Å². The average molecular weight is 438 g/mol. The first kappa shape index (κ1) is 20.2. The first-order chi connectivity index (χ1) is 14.6. The summed E-state index contributed by atoms with van der Waals surface area (Å²) in [5, 5.41) is 9.90. The van der Waals surface area contributed by atoms with Gasteiger partial charge in [0.25, 0.3) is 0 Å². The third-order valence-corrected chi connectivity index (χ3v) is 6.48. The van der Waals surface area contributed by atoms with Crippen molar-refractivity contribution >= 4 is 51.5 Å². The number of nitrogens with one attached hydrogen (secondary N) is 2. The highest BCUT2D eigenvalue weighted by Crippen LogP contribution is 2.32. The van der Waals surface area contributed by atoms with Crippen LogP contribution in [0.3, 0.4) is 0 Å². The van der Waals surface area contributed by atoms with E-state index in [9.17, 15) is 14.4 Å². The fourth-order valence-corrected chi connectivity index (χ4v) is 4.79. The topological polar surface area (TPSA) is 88.2 Å². The number of aromatic nitrogens is 1. The summed E-state index contributed by atoms with van der Waals surface area (Å²) in [5.41, 5.74) is 2.53. The highest BCUT2D eigenvalue weighted by Gasteiger charge is 2.33. The van der Waals surface area contributed by atoms with Gasteiger partial charge in [0.05, 0.1) is 16.5 Å². The van der Waals surface area contributed by atoms with Gasteiger partial charge < -0.3 is 5.32 Å². The molecule has 2 heterocycles. The molecule has 152 valence electrons. The Kier molecular flexibility index (Phi) is 6.15. The number of anilines is 1. The van der Waals surface area contributed by atoms with E-state index in [-0.39, 0.29) is 24.0 Å². The molecule has 30 heavy (non-hydrogen) atoms. The molecule has 1 unspecified atom stereocenters. The Morgan fingerprint density at radius 1 is 1.17 bits per heavy atom. The standard InChI is InChI=1S/C22H19N3O3S2/c26-18-11-16(21(28)23-12-15-8-9-29-13-15)10-17-20(18)30-22(24-17)25-19(27)7-6-14-4-2-1-3-5-14/h1-9,13,16H,10-12H2,(H,23,28)(H,24,25,27). The predicted molar refractivity (Wildman–Crippen MR) is 119 cm³/mol. The molecule has 1 aliphatic rings. The van der Waals surface area contributed by atoms with Gasteiger partial charge in [-0.15, -0.1) is 0 Å². The first-order valence-corrected chi connectivity index (χ1v) is 11.2. The van der Waals surface area contributed by atoms with E-state index < -0.39 is 5.92 Å². The van der Waals surface area contributed by atoms with Crippen LogP contribution in [0.15, 0.2) is 53.2 Å². The van der Waals surface area contributed by atoms with E-state index in [1.807, 2.05) is 47.2 Å². The Balaban J connectivity index is 1.37. The molecular weight excluding hydrogens is 418 g/mol. The maximum absolute atomic E-state index is 12.5. The van der Waals surface area contributed by atoms with Crippen molar-refractivity contribution in [1.82, 2.24) is 10.3 Å². The number of nitrogens with zero attached hydrogens (tertiary/aromatic N) is 1. The number of rotatable bonds is 6. The van der Waals surface area contributed by atoms with E-state index in [1.165, 1.54) is 6.08 Å². The molecule has 0 saturated carbocycles. The summed E-state index contributed by atoms with van der Waals surface area (Å²) in [5.74, 6) is -1.01. The molecule has 0 spiro atoms. The van der Waals surface area contributed by atoms with Crippen molar-refractivity contribution in [3.63, 3.8) is 0 Å². The number of hydrogen-bond acceptors (Lipinski definition) is 6. The summed E-state index contributed by atoms with van der Waals surface area (Å²) in [6, 6.07) is 11.4. The Bertz CT molecular complexity index is 1090. The van der Waals surface area contributed by atoms with E-state index >= 15 is 0 Å². The van der Waals surface area contributed by atoms with Crippen LogP contribution in [-0.2, 0) is 22.6 Å². The van der Waals surface area contributed by atoms with E-state index in [1.54, 1.807) is 17.4 Å². The molecule has 0 bridgehead atoms. The summed E-state index contributed by atoms with van der Waals surface area (Å²) in [6.45, 7) is 0.450. The minimum Gasteiger partial charge on any atom is -0.352 e. The maximum Gasteiger partial charge on any atom is 0.250 e. The molecule has 0 saturated heterocycles. The molecule has 6 nitrogen and oxygen atoms in total. The Labute approximate surface area is 181 Å². The molecule has 4 rings (SSSR count). The molecule has 2 aromatic heterocycles. The first-order valence-electron chi connectivity index (χ1n) is 9.44. The van der Waals surface area contributed by atoms with Crippen LogP contribution in [-0.4, -0.2) is 22.6 Å². The van der Waals surface area contributed by atoms with Crippen molar-refractivity contribution in [2.45, 2.75) is 19.4 Å². The fraction of sp³-hybridized carbons (Fsp3) is 0.182. The van der Waals surface area contributed by atoms with Gasteiger partial charge in [-0.2, -0.15) is 11.3 Å². The second-order valence-electron chi connectivity index (χ2n) is 6.91. The van der Waals surface area contributed by atoms with E-state index in [2.05, 4.69) is 15.6 Å². The van der Waals surface area contributed by atoms with Gasteiger partial charge in [-0.1, -0.05) is 41.7 Å². The number of amides is 2. The summed E-state index contributed by atoms with van der Waals surface area (Å²) >= 11 is 2.74. The van der Waals surface area contributed by atoms with Crippen molar-refractivity contribution in [2.75, 3.05) is 5.32 Å². The van der Waals surface area contributed by atoms with Crippen molar-refractivity contribution in [2.24, 2.45) is 5.92 Å². The number of Topliss-reactive ketones (excluding diaryl/α,β-unsaturated/α-hetero) is 1. The van der Waals surface area contributed by atoms with E-state index in [4.69, 9.17) is 0 Å². The third kappa shape index (κ3) is 4.90. The van der Waals surface area contributed by atoms with Crippen molar-refractivity contribution in [1.29, 1.82) is 0 Å². The number of carbonyl (C=O) groups is 3. The Morgan fingerprint density at radius 3 is 2.77 bits per heavy atom. The number of carbonyl (C=O) groups excluding carboxylic acids is 3. The smallest absolute Gasteiger partial charge is 0.250 e. The number of fused-ring (bicyclic) bond motifs is 1. The molecule has 0 radical (unpaired) electrons. The van der Waals surface area contributed by atoms with Gasteiger partial charge in [0.2, 0.25) is 11.8 Å². The third-order valence-electron chi connectivity index (χ3n) is 4.70. The van der Waals surface area contributed by atoms with Crippen LogP contribution in [0.4, 0.5) is 5.13 Å². The zero-order valence-electron chi connectivity index (χ0n) is 16.0. The molecule has 2 N–H and O–H groups in total. The Hall–Kier alpha value is -3.10. The number of benzene rings is 1. The number of ketones is 1. The van der Waals surface area contributed by atoms with Crippen LogP contribution in [0.2, 0.25) is 0 Å². The highest BCUT2D eigenvalue weighted by atomic mass is 32.1. The molecule has 2 amide bonds. The van der Waals surface area contributed by atoms with E-state index in [0.717, 1.165) is 22.5 Å². The van der Waals surface area contributed by atoms with Gasteiger partial charge in [-0.05, 0) is 34.0 Å². The van der Waals surface area contributed by atoms with Crippen LogP contribution in [0.25, 0.3) is 6.08 Å². The van der Waals surface area contributed by atoms with Crippen LogP contribution in [0.1, 0.15) is 32.9 Å². The quantitative estimate of drug-likeness (QED) is 0.572. The zero-order chi connectivity index (χ0) is 20.9. The molecule has 1 atom stereocenters. The second-order valence-corrected chi connectivity index (χ2v) is 8.68. The van der Waals surface area contributed by atoms with Crippen LogP contribution >= 0.6 is 22.7 Å². The van der Waals surface area contributed by atoms with Crippen LogP contribution in [0.5, 0.6) is 0 Å². The monoisotopic (exact) mass is 437 g/mol. The largest absolute Gasteiger partial charge is 0.352 e. The van der Waals surface area contributed by atoms with Gasteiger partial charge in [-0.3, -0.25) is 19.7 Å². The summed E-state index contributed by atoms with van der Waals surface area (Å²) in [7, 11) is 0. The summed E-state index contributed by atoms with van der Waals surface area (Å²) in [6.07, 6.45) is 3.69. The number of thiophene rings is 1. The maximum atomic E-state index is 12.5. The lowest BCUT2D eigenvalue weighted by molar-refractivity contribution is -0.125. The van der Waals surface area contributed by atoms with Crippen molar-refractivity contribution in [3.05, 3.63) is 74.9 Å². The van der Waals surface area contributed by atoms with Crippen molar-refractivity contribution < 1.29 is 14.4 Å². The molecular formula is C22H19N3O3S2. The lowest BCUT2D eigenvalue weighted by Crippen LogP contribution is -2.35. The summed E-state index contributed by atoms with van der Waals surface area (Å²) < 4.78 is 0. The Morgan fingerprint density at radius 2 is 2.00 bits per heavy atom. The van der Waals surface area contributed by atoms with Gasteiger partial charge in [-0.25, -0.2) is 4.98 Å². The number of thiazole rings is 1. The second kappa shape index (κ2) is 9.15. The zero-order valence-corrected chi connectivity index (χ0v) is 17.6. The SMILES string of the molecule is O=C(C=Cc1ccccc1)Nc1nc2c(s1)C(=O)CC(C(=O)NCc1ccsc1)C2. The van der Waals surface area contributed by atoms with Crippen LogP contribution < -0.4 is 10.6 Å². The summed E-state index contributed by atoms with van der Waals surface area (Å²) in [4.78, 5) is 42.1. The molecule has 0 fully saturated rings. The number of hydrogen-bond donors (Lipinski definition) is 2. The lowest BCUT2D eigenvalue weighted by Gasteiger charge is -2.19. The van der Waals surface area contributed by atoms with E-state index in [0.29, 0.717) is 28.7 Å².